The maximum atomic E-state index is 13.1. The van der Waals surface area contributed by atoms with Crippen LogP contribution in [0.4, 0.5) is 5.82 Å². The molecule has 168 valence electrons. The summed E-state index contributed by atoms with van der Waals surface area (Å²) in [7, 11) is -3.61. The van der Waals surface area contributed by atoms with E-state index < -0.39 is 10.0 Å². The summed E-state index contributed by atoms with van der Waals surface area (Å²) >= 11 is 0. The minimum absolute atomic E-state index is 0.156. The van der Waals surface area contributed by atoms with Crippen LogP contribution in [-0.2, 0) is 16.6 Å². The molecule has 0 saturated carbocycles. The fourth-order valence-corrected chi connectivity index (χ4v) is 5.42. The van der Waals surface area contributed by atoms with Crippen LogP contribution in [0.1, 0.15) is 46.3 Å². The number of carbonyl (C=O) groups is 1. The molecule has 8 heteroatoms. The van der Waals surface area contributed by atoms with Crippen LogP contribution in [0.3, 0.4) is 0 Å². The molecule has 0 radical (unpaired) electrons. The molecule has 1 aliphatic rings. The van der Waals surface area contributed by atoms with Crippen LogP contribution in [-0.4, -0.2) is 41.5 Å². The van der Waals surface area contributed by atoms with Gasteiger partial charge >= 0.3 is 0 Å². The van der Waals surface area contributed by atoms with Crippen molar-refractivity contribution >= 4 is 21.7 Å². The van der Waals surface area contributed by atoms with Crippen molar-refractivity contribution < 1.29 is 13.2 Å². The van der Waals surface area contributed by atoms with Gasteiger partial charge in [0.15, 0.2) is 0 Å². The number of sulfonamides is 1. The van der Waals surface area contributed by atoms with Gasteiger partial charge in [-0.15, -0.1) is 0 Å². The van der Waals surface area contributed by atoms with Crippen molar-refractivity contribution in [1.82, 2.24) is 14.1 Å². The van der Waals surface area contributed by atoms with Gasteiger partial charge in [-0.25, -0.2) is 13.1 Å². The first-order valence-corrected chi connectivity index (χ1v) is 12.3. The number of nitrogens with zero attached hydrogens (tertiary/aromatic N) is 3. The fraction of sp³-hybridized carbons (Fsp3) is 0.333. The number of carbonyl (C=O) groups excluding carboxylic acids is 1. The number of piperidine rings is 1. The zero-order valence-corrected chi connectivity index (χ0v) is 19.2. The molecule has 3 aromatic rings. The Kier molecular flexibility index (Phi) is 6.43. The second kappa shape index (κ2) is 9.26. The summed E-state index contributed by atoms with van der Waals surface area (Å²) in [4.78, 5) is 13.2. The van der Waals surface area contributed by atoms with E-state index in [4.69, 9.17) is 0 Å². The van der Waals surface area contributed by atoms with E-state index in [0.29, 0.717) is 36.6 Å². The van der Waals surface area contributed by atoms with Gasteiger partial charge in [0.2, 0.25) is 10.0 Å². The van der Waals surface area contributed by atoms with Crippen LogP contribution >= 0.6 is 0 Å². The van der Waals surface area contributed by atoms with Crippen molar-refractivity contribution in [2.75, 3.05) is 18.4 Å². The highest BCUT2D eigenvalue weighted by Gasteiger charge is 2.27. The molecule has 0 aliphatic carbocycles. The van der Waals surface area contributed by atoms with Gasteiger partial charge in [0.25, 0.3) is 5.91 Å². The molecular formula is C24H28N4O3S. The topological polar surface area (TPSA) is 84.3 Å². The third-order valence-electron chi connectivity index (χ3n) is 5.82. The Morgan fingerprint density at radius 1 is 1.00 bits per heavy atom. The Balaban J connectivity index is 1.55. The number of hydrogen-bond donors (Lipinski definition) is 1. The quantitative estimate of drug-likeness (QED) is 0.613. The van der Waals surface area contributed by atoms with E-state index in [-0.39, 0.29) is 10.8 Å². The molecule has 0 spiro atoms. The first kappa shape index (κ1) is 22.2. The van der Waals surface area contributed by atoms with Crippen molar-refractivity contribution in [2.45, 2.75) is 44.6 Å². The van der Waals surface area contributed by atoms with E-state index in [1.54, 1.807) is 36.0 Å². The molecule has 1 saturated heterocycles. The summed E-state index contributed by atoms with van der Waals surface area (Å²) in [5, 5.41) is 7.21. The monoisotopic (exact) mass is 452 g/mol. The van der Waals surface area contributed by atoms with Crippen LogP contribution < -0.4 is 5.32 Å². The fourth-order valence-electron chi connectivity index (χ4n) is 3.88. The SMILES string of the molecule is Cc1ccc(Cn2nccc2NC(=O)c2cc(S(=O)(=O)N3CCCCC3)ccc2C)cc1. The van der Waals surface area contributed by atoms with Gasteiger partial charge in [-0.05, 0) is 49.9 Å². The van der Waals surface area contributed by atoms with Gasteiger partial charge in [0.1, 0.15) is 5.82 Å². The summed E-state index contributed by atoms with van der Waals surface area (Å²) in [6.45, 7) is 5.40. The van der Waals surface area contributed by atoms with E-state index in [1.807, 2.05) is 31.2 Å². The lowest BCUT2D eigenvalue weighted by molar-refractivity contribution is 0.102. The van der Waals surface area contributed by atoms with E-state index >= 15 is 0 Å². The molecule has 1 amide bonds. The number of nitrogens with one attached hydrogen (secondary N) is 1. The van der Waals surface area contributed by atoms with Crippen molar-refractivity contribution in [3.05, 3.63) is 77.0 Å². The normalized spacial score (nSPS) is 14.9. The van der Waals surface area contributed by atoms with E-state index in [9.17, 15) is 13.2 Å². The lowest BCUT2D eigenvalue weighted by atomic mass is 10.1. The standard InChI is InChI=1S/C24H28N4O3S/c1-18-6-9-20(10-7-18)17-28-23(12-13-25-28)26-24(29)22-16-21(11-8-19(22)2)32(30,31)27-14-4-3-5-15-27/h6-13,16H,3-5,14-15,17H2,1-2H3,(H,26,29). The van der Waals surface area contributed by atoms with Crippen molar-refractivity contribution in [1.29, 1.82) is 0 Å². The minimum Gasteiger partial charge on any atom is -0.307 e. The predicted molar refractivity (Wildman–Crippen MR) is 124 cm³/mol. The lowest BCUT2D eigenvalue weighted by Gasteiger charge is -2.26. The van der Waals surface area contributed by atoms with E-state index in [0.717, 1.165) is 24.8 Å². The third-order valence-corrected chi connectivity index (χ3v) is 7.71. The predicted octanol–water partition coefficient (Wildman–Crippen LogP) is 3.98. The summed E-state index contributed by atoms with van der Waals surface area (Å²) < 4.78 is 29.3. The zero-order chi connectivity index (χ0) is 22.7. The summed E-state index contributed by atoms with van der Waals surface area (Å²) in [6, 6.07) is 14.6. The van der Waals surface area contributed by atoms with Crippen molar-refractivity contribution in [3.63, 3.8) is 0 Å². The van der Waals surface area contributed by atoms with Gasteiger partial charge < -0.3 is 5.32 Å². The Bertz CT molecular complexity index is 1210. The molecule has 0 unspecified atom stereocenters. The van der Waals surface area contributed by atoms with Crippen molar-refractivity contribution in [2.24, 2.45) is 0 Å². The first-order valence-electron chi connectivity index (χ1n) is 10.8. The van der Waals surface area contributed by atoms with E-state index in [2.05, 4.69) is 10.4 Å². The van der Waals surface area contributed by atoms with Crippen LogP contribution in [0, 0.1) is 13.8 Å². The number of hydrogen-bond acceptors (Lipinski definition) is 4. The number of aryl methyl sites for hydroxylation is 2. The molecule has 0 atom stereocenters. The molecule has 32 heavy (non-hydrogen) atoms. The number of anilines is 1. The number of amides is 1. The summed E-state index contributed by atoms with van der Waals surface area (Å²) in [6.07, 6.45) is 4.41. The number of benzene rings is 2. The average molecular weight is 453 g/mol. The maximum absolute atomic E-state index is 13.1. The molecular weight excluding hydrogens is 424 g/mol. The highest BCUT2D eigenvalue weighted by molar-refractivity contribution is 7.89. The van der Waals surface area contributed by atoms with Gasteiger partial charge in [-0.1, -0.05) is 42.3 Å². The Morgan fingerprint density at radius 3 is 2.44 bits per heavy atom. The van der Waals surface area contributed by atoms with Gasteiger partial charge in [-0.3, -0.25) is 4.79 Å². The van der Waals surface area contributed by atoms with Crippen LogP contribution in [0.25, 0.3) is 0 Å². The number of rotatable bonds is 6. The largest absolute Gasteiger partial charge is 0.307 e. The van der Waals surface area contributed by atoms with Crippen molar-refractivity contribution in [3.8, 4) is 0 Å². The molecule has 2 heterocycles. The van der Waals surface area contributed by atoms with E-state index in [1.165, 1.54) is 15.9 Å². The highest BCUT2D eigenvalue weighted by atomic mass is 32.2. The average Bonchev–Trinajstić information content (AvgIpc) is 3.22. The Morgan fingerprint density at radius 2 is 1.72 bits per heavy atom. The van der Waals surface area contributed by atoms with Crippen LogP contribution in [0.15, 0.2) is 59.6 Å². The lowest BCUT2D eigenvalue weighted by Crippen LogP contribution is -2.35. The van der Waals surface area contributed by atoms with Gasteiger partial charge in [0, 0.05) is 24.7 Å². The second-order valence-electron chi connectivity index (χ2n) is 8.26. The minimum atomic E-state index is -3.61. The molecule has 0 bridgehead atoms. The summed E-state index contributed by atoms with van der Waals surface area (Å²) in [5.41, 5.74) is 3.30. The summed E-state index contributed by atoms with van der Waals surface area (Å²) in [5.74, 6) is 0.197. The van der Waals surface area contributed by atoms with Crippen LogP contribution in [0.2, 0.25) is 0 Å². The van der Waals surface area contributed by atoms with Crippen LogP contribution in [0.5, 0.6) is 0 Å². The smallest absolute Gasteiger partial charge is 0.257 e. The molecule has 4 rings (SSSR count). The molecule has 1 fully saturated rings. The van der Waals surface area contributed by atoms with Gasteiger partial charge in [0.05, 0.1) is 17.6 Å². The first-order chi connectivity index (χ1) is 15.3. The third kappa shape index (κ3) is 4.76. The Hall–Kier alpha value is -2.97. The van der Waals surface area contributed by atoms with Gasteiger partial charge in [-0.2, -0.15) is 9.40 Å². The molecule has 7 nitrogen and oxygen atoms in total. The highest BCUT2D eigenvalue weighted by Crippen LogP contribution is 2.23. The number of aromatic nitrogens is 2. The molecule has 1 N–H and O–H groups in total. The molecule has 1 aliphatic heterocycles. The molecule has 2 aromatic carbocycles. The maximum Gasteiger partial charge on any atom is 0.257 e. The Labute approximate surface area is 189 Å². The zero-order valence-electron chi connectivity index (χ0n) is 18.4. The second-order valence-corrected chi connectivity index (χ2v) is 10.2. The molecule has 1 aromatic heterocycles.